The summed E-state index contributed by atoms with van der Waals surface area (Å²) in [4.78, 5) is 0. The van der Waals surface area contributed by atoms with Crippen LogP contribution in [0.2, 0.25) is 0 Å². The molecule has 0 bridgehead atoms. The molecule has 0 aliphatic carbocycles. The van der Waals surface area contributed by atoms with Crippen molar-refractivity contribution in [2.45, 2.75) is 0 Å². The monoisotopic (exact) mass is 344 g/mol. The van der Waals surface area contributed by atoms with Crippen LogP contribution in [-0.4, -0.2) is 16.4 Å². The maximum absolute atomic E-state index is 0. The molecule has 0 aromatic rings. The van der Waals surface area contributed by atoms with Crippen LogP contribution in [0.5, 0.6) is 0 Å². The van der Waals surface area contributed by atoms with Gasteiger partial charge in [0.05, 0.1) is 0 Å². The first-order chi connectivity index (χ1) is 0. The van der Waals surface area contributed by atoms with E-state index in [2.05, 4.69) is 0 Å². The molecule has 3 nitrogen and oxygen atoms in total. The van der Waals surface area contributed by atoms with Gasteiger partial charge in [-0.05, 0) is 0 Å². The molecule has 0 rings (SSSR count). The van der Waals surface area contributed by atoms with Crippen LogP contribution in [-0.2, 0) is 95.3 Å². The van der Waals surface area contributed by atoms with E-state index in [1.807, 2.05) is 0 Å². The van der Waals surface area contributed by atoms with E-state index in [0.717, 1.165) is 0 Å². The summed E-state index contributed by atoms with van der Waals surface area (Å²) in [5.74, 6) is 0. The molecule has 0 atom stereocenters. The minimum Gasteiger partial charge on any atom is -0.813 e. The molecule has 0 saturated heterocycles. The normalized spacial score (nSPS) is 0. The number of hydrogen-bond acceptors (Lipinski definition) is 2. The van der Waals surface area contributed by atoms with Crippen LogP contribution >= 0.6 is 0 Å². The molecule has 0 fully saturated rings. The number of thiol groups is 2. The second-order valence-electron chi connectivity index (χ2n) is 0. The van der Waals surface area contributed by atoms with E-state index in [4.69, 9.17) is 0 Å². The van der Waals surface area contributed by atoms with Crippen LogP contribution in [0.1, 0.15) is 0 Å². The van der Waals surface area contributed by atoms with Crippen LogP contribution in [0.25, 0.3) is 0 Å². The Morgan fingerprint density at radius 3 is 0.333 bits per heavy atom. The van der Waals surface area contributed by atoms with Crippen molar-refractivity contribution in [3.05, 3.63) is 0 Å². The van der Waals surface area contributed by atoms with Crippen molar-refractivity contribution in [3.63, 3.8) is 0 Å². The summed E-state index contributed by atoms with van der Waals surface area (Å²) >= 11 is 0. The third kappa shape index (κ3) is 113. The van der Waals surface area contributed by atoms with Gasteiger partial charge in [0.15, 0.2) is 0 Å². The van der Waals surface area contributed by atoms with Gasteiger partial charge < -0.3 is 43.4 Å². The summed E-state index contributed by atoms with van der Waals surface area (Å²) in [5, 5.41) is 0. The summed E-state index contributed by atoms with van der Waals surface area (Å²) in [7, 11) is 0. The summed E-state index contributed by atoms with van der Waals surface area (Å²) in [6.45, 7) is 0. The fourth-order valence-corrected chi connectivity index (χ4v) is 0. The largest absolute Gasteiger partial charge is 0.813 e. The zero-order chi connectivity index (χ0) is 0. The molecule has 6 N–H and O–H groups in total. The molecule has 0 aromatic carbocycles. The van der Waals surface area contributed by atoms with Crippen LogP contribution < -0.4 is 0 Å². The molecule has 0 amide bonds. The van der Waals surface area contributed by atoms with E-state index in [-0.39, 0.29) is 112 Å². The summed E-state index contributed by atoms with van der Waals surface area (Å²) < 4.78 is 0. The molecule has 0 unspecified atom stereocenters. The molecule has 9 heteroatoms. The maximum Gasteiger partial charge on any atom is 0 e. The zero-order valence-corrected chi connectivity index (χ0v) is 10.0. The van der Waals surface area contributed by atoms with Crippen molar-refractivity contribution in [1.29, 1.82) is 0 Å². The number of hydrogen-bond donors (Lipinski definition) is 0. The molecular weight excluding hydrogens is 336 g/mol. The van der Waals surface area contributed by atoms with Crippen molar-refractivity contribution in [2.24, 2.45) is 0 Å². The van der Waals surface area contributed by atoms with Gasteiger partial charge in [0.25, 0.3) is 0 Å². The van der Waals surface area contributed by atoms with Crippen LogP contribution in [0.3, 0.4) is 0 Å². The van der Waals surface area contributed by atoms with Crippen molar-refractivity contribution in [1.82, 2.24) is 0 Å². The van der Waals surface area contributed by atoms with Gasteiger partial charge in [0.1, 0.15) is 0 Å². The van der Waals surface area contributed by atoms with Crippen LogP contribution in [0.15, 0.2) is 0 Å². The first kappa shape index (κ1) is 187. The first-order valence-corrected chi connectivity index (χ1v) is 0. The van der Waals surface area contributed by atoms with E-state index in [1.54, 1.807) is 0 Å². The third-order valence-corrected chi connectivity index (χ3v) is 0. The topological polar surface area (TPSA) is 94.5 Å². The predicted molar refractivity (Wildman–Crippen MR) is 28.4 cm³/mol. The molecule has 9 heavy (non-hydrogen) atoms. The van der Waals surface area contributed by atoms with E-state index < -0.39 is 0 Å². The second kappa shape index (κ2) is 141. The molecule has 0 radical (unpaired) electrons. The van der Waals surface area contributed by atoms with E-state index in [9.17, 15) is 0 Å². The van der Waals surface area contributed by atoms with Crippen LogP contribution in [0.4, 0.5) is 0 Å². The fraction of sp³-hybridized carbons (Fsp3) is 0. The SMILES string of the molecule is O.O.O.[Fe].[Fe].[Fe].[Fe].[SH-].[SH-]. The van der Waals surface area contributed by atoms with E-state index >= 15 is 0 Å². The van der Waals surface area contributed by atoms with Crippen molar-refractivity contribution in [3.8, 4) is 0 Å². The smallest absolute Gasteiger partial charge is 0 e. The molecule has 0 spiro atoms. The van der Waals surface area contributed by atoms with Gasteiger partial charge in [-0.3, -0.25) is 0 Å². The Labute approximate surface area is 111 Å². The summed E-state index contributed by atoms with van der Waals surface area (Å²) in [6.07, 6.45) is 0. The molecule has 72 valence electrons. The zero-order valence-electron chi connectivity index (χ0n) is 3.81. The van der Waals surface area contributed by atoms with Gasteiger partial charge in [-0.15, -0.1) is 0 Å². The fourth-order valence-electron chi connectivity index (χ4n) is 0. The maximum atomic E-state index is 0. The van der Waals surface area contributed by atoms with Crippen molar-refractivity contribution >= 4 is 27.0 Å². The van der Waals surface area contributed by atoms with Gasteiger partial charge >= 0.3 is 0 Å². The Morgan fingerprint density at radius 2 is 0.333 bits per heavy atom. The van der Waals surface area contributed by atoms with Gasteiger partial charge in [-0.1, -0.05) is 0 Å². The Kier molecular flexibility index (Phi) is 2930. The Bertz CT molecular complexity index is 13.8. The van der Waals surface area contributed by atoms with Gasteiger partial charge in [-0.25, -0.2) is 0 Å². The molecular formula is H8Fe4O3S2-2. The number of rotatable bonds is 0. The van der Waals surface area contributed by atoms with Gasteiger partial charge in [0, 0.05) is 68.3 Å². The first-order valence-electron chi connectivity index (χ1n) is 0. The average molecular weight is 344 g/mol. The molecule has 0 aliphatic heterocycles. The molecule has 0 aliphatic rings. The summed E-state index contributed by atoms with van der Waals surface area (Å²) in [6, 6.07) is 0. The van der Waals surface area contributed by atoms with E-state index in [0.29, 0.717) is 0 Å². The van der Waals surface area contributed by atoms with Gasteiger partial charge in [-0.2, -0.15) is 0 Å². The van der Waals surface area contributed by atoms with Gasteiger partial charge in [0.2, 0.25) is 0 Å². The quantitative estimate of drug-likeness (QED) is 0.266. The Balaban J connectivity index is 0. The standard InChI is InChI=1S/4Fe.3H2O.2H2S/h;;;;5*1H2/p-2. The van der Waals surface area contributed by atoms with Crippen LogP contribution in [0, 0.1) is 0 Å². The Morgan fingerprint density at radius 1 is 0.333 bits per heavy atom. The third-order valence-electron chi connectivity index (χ3n) is 0. The van der Waals surface area contributed by atoms with E-state index in [1.165, 1.54) is 0 Å². The van der Waals surface area contributed by atoms with Crippen molar-refractivity contribution < 1.29 is 84.7 Å². The summed E-state index contributed by atoms with van der Waals surface area (Å²) in [5.41, 5.74) is 0. The average Bonchev–Trinajstić information content (AvgIpc) is 0. The minimum atomic E-state index is 0. The Hall–Kier alpha value is 2.66. The molecule has 0 saturated carbocycles. The van der Waals surface area contributed by atoms with Crippen molar-refractivity contribution in [2.75, 3.05) is 0 Å². The molecule has 0 heterocycles. The predicted octanol–water partition coefficient (Wildman–Crippen LogP) is -3.02. The second-order valence-corrected chi connectivity index (χ2v) is 0. The molecule has 0 aromatic heterocycles. The minimum absolute atomic E-state index is 0.